The average molecular weight is 428 g/mol. The highest BCUT2D eigenvalue weighted by atomic mass is 16.2. The van der Waals surface area contributed by atoms with Gasteiger partial charge in [-0.15, -0.1) is 0 Å². The van der Waals surface area contributed by atoms with Crippen LogP contribution in [0, 0.1) is 6.92 Å². The van der Waals surface area contributed by atoms with E-state index in [1.165, 1.54) is 5.56 Å². The zero-order valence-corrected chi connectivity index (χ0v) is 18.6. The number of piperidine rings is 1. The predicted octanol–water partition coefficient (Wildman–Crippen LogP) is 4.50. The van der Waals surface area contributed by atoms with Gasteiger partial charge in [0.1, 0.15) is 5.82 Å². The Balaban J connectivity index is 1.48. The average Bonchev–Trinajstić information content (AvgIpc) is 2.85. The van der Waals surface area contributed by atoms with Crippen LogP contribution in [0.3, 0.4) is 0 Å². The molecule has 0 saturated carbocycles. The van der Waals surface area contributed by atoms with Crippen LogP contribution in [0.25, 0.3) is 0 Å². The van der Waals surface area contributed by atoms with Crippen molar-refractivity contribution in [2.24, 2.45) is 0 Å². The molecule has 0 bridgehead atoms. The molecule has 1 aromatic carbocycles. The maximum Gasteiger partial charge on any atom is 0.254 e. The van der Waals surface area contributed by atoms with Crippen LogP contribution in [0.2, 0.25) is 0 Å². The highest BCUT2D eigenvalue weighted by molar-refractivity contribution is 5.94. The number of carbonyl (C=O) groups excluding carboxylic acids is 1. The van der Waals surface area contributed by atoms with Gasteiger partial charge in [-0.3, -0.25) is 9.78 Å². The van der Waals surface area contributed by atoms with E-state index in [1.807, 2.05) is 53.6 Å². The van der Waals surface area contributed by atoms with Gasteiger partial charge in [-0.05, 0) is 63.3 Å². The van der Waals surface area contributed by atoms with Crippen LogP contribution in [0.4, 0.5) is 5.82 Å². The van der Waals surface area contributed by atoms with E-state index < -0.39 is 0 Å². The van der Waals surface area contributed by atoms with Gasteiger partial charge in [-0.25, -0.2) is 9.97 Å². The van der Waals surface area contributed by atoms with E-state index >= 15 is 0 Å². The monoisotopic (exact) mass is 427 g/mol. The molecule has 0 spiro atoms. The Hall–Kier alpha value is -3.28. The number of benzene rings is 1. The Morgan fingerprint density at radius 3 is 2.66 bits per heavy atom. The van der Waals surface area contributed by atoms with Crippen LogP contribution in [-0.2, 0) is 13.0 Å². The molecule has 2 aliphatic heterocycles. The maximum absolute atomic E-state index is 13.3. The Kier molecular flexibility index (Phi) is 5.84. The first-order valence-corrected chi connectivity index (χ1v) is 11.6. The van der Waals surface area contributed by atoms with Gasteiger partial charge < -0.3 is 9.80 Å². The summed E-state index contributed by atoms with van der Waals surface area (Å²) in [5.41, 5.74) is 4.03. The summed E-state index contributed by atoms with van der Waals surface area (Å²) in [5.74, 6) is 1.86. The normalized spacial score (nSPS) is 18.3. The number of aryl methyl sites for hydroxylation is 1. The van der Waals surface area contributed by atoms with E-state index in [2.05, 4.69) is 22.9 Å². The number of nitrogens with zero attached hydrogens (tertiary/aromatic N) is 5. The largest absolute Gasteiger partial charge is 0.350 e. The van der Waals surface area contributed by atoms with Crippen LogP contribution in [0.1, 0.15) is 64.9 Å². The van der Waals surface area contributed by atoms with Crippen molar-refractivity contribution in [3.63, 3.8) is 0 Å². The second-order valence-corrected chi connectivity index (χ2v) is 8.69. The summed E-state index contributed by atoms with van der Waals surface area (Å²) in [6.07, 6.45) is 6.93. The van der Waals surface area contributed by atoms with Gasteiger partial charge in [0.2, 0.25) is 0 Å². The van der Waals surface area contributed by atoms with Crippen molar-refractivity contribution in [2.45, 2.75) is 51.6 Å². The van der Waals surface area contributed by atoms with Crippen molar-refractivity contribution in [3.8, 4) is 0 Å². The van der Waals surface area contributed by atoms with Crippen molar-refractivity contribution >= 4 is 11.7 Å². The fourth-order valence-electron chi connectivity index (χ4n) is 4.89. The van der Waals surface area contributed by atoms with Crippen LogP contribution in [0.15, 0.2) is 54.7 Å². The quantitative estimate of drug-likeness (QED) is 0.613. The molecule has 0 N–H and O–H groups in total. The summed E-state index contributed by atoms with van der Waals surface area (Å²) < 4.78 is 0. The predicted molar refractivity (Wildman–Crippen MR) is 124 cm³/mol. The molecule has 32 heavy (non-hydrogen) atoms. The second kappa shape index (κ2) is 9.07. The molecule has 1 fully saturated rings. The van der Waals surface area contributed by atoms with E-state index in [-0.39, 0.29) is 11.9 Å². The molecule has 2 aromatic heterocycles. The fourth-order valence-corrected chi connectivity index (χ4v) is 4.89. The third-order valence-corrected chi connectivity index (χ3v) is 6.53. The fraction of sp³-hybridized carbons (Fsp3) is 0.385. The molecular formula is C26H29N5O. The Morgan fingerprint density at radius 2 is 1.84 bits per heavy atom. The van der Waals surface area contributed by atoms with E-state index in [0.29, 0.717) is 0 Å². The molecule has 6 nitrogen and oxygen atoms in total. The van der Waals surface area contributed by atoms with E-state index in [0.717, 1.165) is 80.3 Å². The number of pyridine rings is 1. The SMILES string of the molecule is Cc1nc(C2CCCCN2C(=O)c2ccccc2)nc2c1CCCN2Cc1ccccn1. The molecule has 0 radical (unpaired) electrons. The molecule has 6 heteroatoms. The molecule has 3 aromatic rings. The molecule has 164 valence electrons. The van der Waals surface area contributed by atoms with Gasteiger partial charge in [-0.1, -0.05) is 24.3 Å². The number of likely N-dealkylation sites (tertiary alicyclic amines) is 1. The Bertz CT molecular complexity index is 1090. The maximum atomic E-state index is 13.3. The van der Waals surface area contributed by atoms with Gasteiger partial charge in [0.05, 0.1) is 18.3 Å². The topological polar surface area (TPSA) is 62.2 Å². The van der Waals surface area contributed by atoms with Gasteiger partial charge >= 0.3 is 0 Å². The highest BCUT2D eigenvalue weighted by Gasteiger charge is 2.32. The first-order chi connectivity index (χ1) is 15.7. The highest BCUT2D eigenvalue weighted by Crippen LogP contribution is 2.34. The number of hydrogen-bond donors (Lipinski definition) is 0. The smallest absolute Gasteiger partial charge is 0.254 e. The second-order valence-electron chi connectivity index (χ2n) is 8.69. The molecule has 2 aliphatic rings. The first-order valence-electron chi connectivity index (χ1n) is 11.6. The van der Waals surface area contributed by atoms with Gasteiger partial charge in [0.15, 0.2) is 5.82 Å². The van der Waals surface area contributed by atoms with Crippen LogP contribution in [-0.4, -0.2) is 38.8 Å². The lowest BCUT2D eigenvalue weighted by molar-refractivity contribution is 0.0599. The number of anilines is 1. The molecule has 1 unspecified atom stereocenters. The standard InChI is InChI=1S/C26H29N5O/c1-19-22-13-9-16-30(18-21-12-5-7-15-27-21)25(22)29-24(28-19)23-14-6-8-17-31(23)26(32)20-10-3-2-4-11-20/h2-5,7,10-12,15,23H,6,8-9,13-14,16-18H2,1H3. The molecule has 0 aliphatic carbocycles. The lowest BCUT2D eigenvalue weighted by Crippen LogP contribution is -2.40. The van der Waals surface area contributed by atoms with Crippen molar-refractivity contribution in [1.29, 1.82) is 0 Å². The number of carbonyl (C=O) groups is 1. The zero-order valence-electron chi connectivity index (χ0n) is 18.6. The van der Waals surface area contributed by atoms with Crippen molar-refractivity contribution in [1.82, 2.24) is 19.9 Å². The van der Waals surface area contributed by atoms with Crippen molar-refractivity contribution in [3.05, 3.63) is 83.1 Å². The molecule has 1 saturated heterocycles. The minimum absolute atomic E-state index is 0.0691. The van der Waals surface area contributed by atoms with Gasteiger partial charge in [0, 0.05) is 36.1 Å². The molecule has 4 heterocycles. The minimum Gasteiger partial charge on any atom is -0.350 e. The third kappa shape index (κ3) is 4.09. The third-order valence-electron chi connectivity index (χ3n) is 6.53. The molecular weight excluding hydrogens is 398 g/mol. The molecule has 1 amide bonds. The lowest BCUT2D eigenvalue weighted by atomic mass is 9.98. The minimum atomic E-state index is -0.0842. The summed E-state index contributed by atoms with van der Waals surface area (Å²) in [6, 6.07) is 15.5. The number of amides is 1. The number of aromatic nitrogens is 3. The van der Waals surface area contributed by atoms with Crippen molar-refractivity contribution < 1.29 is 4.79 Å². The van der Waals surface area contributed by atoms with E-state index in [4.69, 9.17) is 9.97 Å². The molecule has 1 atom stereocenters. The van der Waals surface area contributed by atoms with Gasteiger partial charge in [0.25, 0.3) is 5.91 Å². The number of rotatable bonds is 4. The summed E-state index contributed by atoms with van der Waals surface area (Å²) in [6.45, 7) is 4.52. The van der Waals surface area contributed by atoms with Crippen LogP contribution in [0.5, 0.6) is 0 Å². The first kappa shape index (κ1) is 20.6. The van der Waals surface area contributed by atoms with Crippen molar-refractivity contribution in [2.75, 3.05) is 18.0 Å². The lowest BCUT2D eigenvalue weighted by Gasteiger charge is -2.36. The Morgan fingerprint density at radius 1 is 1.00 bits per heavy atom. The van der Waals surface area contributed by atoms with Gasteiger partial charge in [-0.2, -0.15) is 0 Å². The van der Waals surface area contributed by atoms with Crippen LogP contribution < -0.4 is 4.90 Å². The summed E-state index contributed by atoms with van der Waals surface area (Å²) in [7, 11) is 0. The van der Waals surface area contributed by atoms with E-state index in [1.54, 1.807) is 0 Å². The number of fused-ring (bicyclic) bond motifs is 1. The zero-order chi connectivity index (χ0) is 21.9. The van der Waals surface area contributed by atoms with E-state index in [9.17, 15) is 4.79 Å². The molecule has 5 rings (SSSR count). The van der Waals surface area contributed by atoms with Crippen LogP contribution >= 0.6 is 0 Å². The summed E-state index contributed by atoms with van der Waals surface area (Å²) in [5, 5.41) is 0. The summed E-state index contributed by atoms with van der Waals surface area (Å²) >= 11 is 0. The Labute approximate surface area is 189 Å². The number of hydrogen-bond acceptors (Lipinski definition) is 5. The summed E-state index contributed by atoms with van der Waals surface area (Å²) in [4.78, 5) is 32.2.